The summed E-state index contributed by atoms with van der Waals surface area (Å²) in [4.78, 5) is 17.0. The first-order chi connectivity index (χ1) is 16.6. The summed E-state index contributed by atoms with van der Waals surface area (Å²) in [6, 6.07) is 6.80. The van der Waals surface area contributed by atoms with E-state index in [0.717, 1.165) is 17.8 Å². The molecule has 35 heavy (non-hydrogen) atoms. The van der Waals surface area contributed by atoms with Crippen molar-refractivity contribution in [1.29, 1.82) is 0 Å². The smallest absolute Gasteiger partial charge is 0.280 e. The van der Waals surface area contributed by atoms with Crippen LogP contribution in [0, 0.1) is 12.7 Å². The van der Waals surface area contributed by atoms with Gasteiger partial charge in [-0.2, -0.15) is 0 Å². The van der Waals surface area contributed by atoms with Gasteiger partial charge in [0.2, 0.25) is 0 Å². The highest BCUT2D eigenvalue weighted by molar-refractivity contribution is 6.76. The molecule has 0 aliphatic heterocycles. The number of aryl methyl sites for hydroxylation is 1. The van der Waals surface area contributed by atoms with Crippen LogP contribution in [-0.2, 0) is 11.5 Å². The van der Waals surface area contributed by atoms with Crippen molar-refractivity contribution in [3.8, 4) is 11.5 Å². The lowest BCUT2D eigenvalue weighted by Crippen LogP contribution is -2.22. The van der Waals surface area contributed by atoms with Crippen LogP contribution >= 0.6 is 0 Å². The van der Waals surface area contributed by atoms with Crippen LogP contribution in [-0.4, -0.2) is 39.2 Å². The van der Waals surface area contributed by atoms with Crippen LogP contribution in [0.5, 0.6) is 0 Å². The minimum Gasteiger partial charge on any atom is -0.361 e. The van der Waals surface area contributed by atoms with Crippen molar-refractivity contribution in [2.75, 3.05) is 11.9 Å². The van der Waals surface area contributed by atoms with Gasteiger partial charge in [-0.25, -0.2) is 28.1 Å². The van der Waals surface area contributed by atoms with E-state index in [4.69, 9.17) is 4.74 Å². The fourth-order valence-corrected chi connectivity index (χ4v) is 4.28. The van der Waals surface area contributed by atoms with Crippen molar-refractivity contribution < 1.29 is 17.9 Å². The number of fused-ring (bicyclic) bond motifs is 1. The van der Waals surface area contributed by atoms with Crippen molar-refractivity contribution in [3.05, 3.63) is 59.9 Å². The third-order valence-corrected chi connectivity index (χ3v) is 7.09. The number of halogens is 3. The Hall–Kier alpha value is -3.31. The highest BCUT2D eigenvalue weighted by atomic mass is 28.3. The maximum atomic E-state index is 14.4. The number of nitrogens with one attached hydrogen (secondary N) is 1. The Bertz CT molecular complexity index is 1340. The summed E-state index contributed by atoms with van der Waals surface area (Å²) in [5.74, 6) is -0.0819. The summed E-state index contributed by atoms with van der Waals surface area (Å²) >= 11 is 0. The van der Waals surface area contributed by atoms with Crippen LogP contribution < -0.4 is 5.32 Å². The maximum absolute atomic E-state index is 14.4. The first-order valence-electron chi connectivity index (χ1n) is 11.2. The predicted molar refractivity (Wildman–Crippen MR) is 132 cm³/mol. The van der Waals surface area contributed by atoms with Gasteiger partial charge in [0.05, 0.1) is 17.3 Å². The Morgan fingerprint density at radius 1 is 1.11 bits per heavy atom. The lowest BCUT2D eigenvalue weighted by Gasteiger charge is -2.16. The topological polar surface area (TPSA) is 77.8 Å². The molecule has 184 valence electrons. The van der Waals surface area contributed by atoms with Crippen LogP contribution in [0.4, 0.5) is 24.7 Å². The molecule has 7 nitrogen and oxygen atoms in total. The number of anilines is 2. The number of rotatable bonds is 9. The highest BCUT2D eigenvalue weighted by Gasteiger charge is 2.19. The number of hydrogen-bond acceptors (Lipinski definition) is 6. The fourth-order valence-electron chi connectivity index (χ4n) is 3.53. The van der Waals surface area contributed by atoms with Gasteiger partial charge in [0.15, 0.2) is 11.6 Å². The Kier molecular flexibility index (Phi) is 7.17. The molecule has 0 atom stereocenters. The molecule has 11 heteroatoms. The number of ether oxygens (including phenoxy) is 1. The molecule has 4 heterocycles. The van der Waals surface area contributed by atoms with Gasteiger partial charge < -0.3 is 14.6 Å². The van der Waals surface area contributed by atoms with Crippen LogP contribution in [0.25, 0.3) is 22.6 Å². The third-order valence-electron chi connectivity index (χ3n) is 5.38. The van der Waals surface area contributed by atoms with E-state index in [1.54, 1.807) is 6.07 Å². The number of pyridine rings is 2. The Morgan fingerprint density at radius 3 is 2.63 bits per heavy atom. The normalized spacial score (nSPS) is 12.0. The van der Waals surface area contributed by atoms with Gasteiger partial charge in [-0.15, -0.1) is 0 Å². The molecule has 4 rings (SSSR count). The first kappa shape index (κ1) is 24.8. The standard InChI is InChI=1S/C24H27F3N6OSi/c1-15-13-33(14-34-10-11-35(2,3)4)24-20(15)23(30-17-8-9-28-12-16(17)25)31-22(32-24)19-7-5-6-18(29-19)21(26)27/h5-9,12-13,21H,10-11,14H2,1-4H3,(H,28,30,31,32). The zero-order chi connectivity index (χ0) is 25.2. The van der Waals surface area contributed by atoms with E-state index in [1.165, 1.54) is 24.4 Å². The summed E-state index contributed by atoms with van der Waals surface area (Å²) in [6.45, 7) is 9.62. The summed E-state index contributed by atoms with van der Waals surface area (Å²) in [5, 5.41) is 3.68. The van der Waals surface area contributed by atoms with Crippen molar-refractivity contribution >= 4 is 30.6 Å². The van der Waals surface area contributed by atoms with Gasteiger partial charge >= 0.3 is 0 Å². The van der Waals surface area contributed by atoms with Gasteiger partial charge in [0.25, 0.3) is 6.43 Å². The Morgan fingerprint density at radius 2 is 1.91 bits per heavy atom. The molecule has 0 amide bonds. The van der Waals surface area contributed by atoms with Gasteiger partial charge in [-0.3, -0.25) is 4.98 Å². The molecule has 0 aliphatic carbocycles. The molecular weight excluding hydrogens is 473 g/mol. The van der Waals surface area contributed by atoms with Crippen LogP contribution in [0.15, 0.2) is 42.9 Å². The van der Waals surface area contributed by atoms with Crippen LogP contribution in [0.1, 0.15) is 17.7 Å². The lowest BCUT2D eigenvalue weighted by molar-refractivity contribution is 0.0898. The van der Waals surface area contributed by atoms with Crippen molar-refractivity contribution in [2.24, 2.45) is 0 Å². The summed E-state index contributed by atoms with van der Waals surface area (Å²) < 4.78 is 48.7. The molecule has 0 spiro atoms. The molecule has 0 aliphatic rings. The average molecular weight is 501 g/mol. The predicted octanol–water partition coefficient (Wildman–Crippen LogP) is 6.33. The van der Waals surface area contributed by atoms with Crippen molar-refractivity contribution in [3.63, 3.8) is 0 Å². The maximum Gasteiger partial charge on any atom is 0.280 e. The number of nitrogens with zero attached hydrogens (tertiary/aromatic N) is 5. The molecule has 4 aromatic heterocycles. The monoisotopic (exact) mass is 500 g/mol. The van der Waals surface area contributed by atoms with Gasteiger partial charge in [-0.1, -0.05) is 25.7 Å². The fraction of sp³-hybridized carbons (Fsp3) is 0.333. The Balaban J connectivity index is 1.79. The number of aromatic nitrogens is 5. The third kappa shape index (κ3) is 5.85. The minimum absolute atomic E-state index is 0.137. The summed E-state index contributed by atoms with van der Waals surface area (Å²) in [7, 11) is -1.25. The molecule has 0 aromatic carbocycles. The molecular formula is C24H27F3N6OSi. The molecule has 0 bridgehead atoms. The zero-order valence-corrected chi connectivity index (χ0v) is 21.0. The van der Waals surface area contributed by atoms with Crippen LogP contribution in [0.3, 0.4) is 0 Å². The van der Waals surface area contributed by atoms with Gasteiger partial charge in [0.1, 0.15) is 29.6 Å². The molecule has 0 saturated heterocycles. The Labute approximate surface area is 202 Å². The molecule has 0 radical (unpaired) electrons. The summed E-state index contributed by atoms with van der Waals surface area (Å²) in [5.41, 5.74) is 1.38. The van der Waals surface area contributed by atoms with Crippen molar-refractivity contribution in [1.82, 2.24) is 24.5 Å². The van der Waals surface area contributed by atoms with E-state index in [-0.39, 0.29) is 29.6 Å². The van der Waals surface area contributed by atoms with E-state index in [2.05, 4.69) is 44.9 Å². The number of hydrogen-bond donors (Lipinski definition) is 1. The first-order valence-corrected chi connectivity index (χ1v) is 14.9. The van der Waals surface area contributed by atoms with Crippen molar-refractivity contribution in [2.45, 2.75) is 45.8 Å². The van der Waals surface area contributed by atoms with Crippen LogP contribution in [0.2, 0.25) is 25.7 Å². The van der Waals surface area contributed by atoms with Gasteiger partial charge in [0, 0.05) is 27.1 Å². The van der Waals surface area contributed by atoms with E-state index < -0.39 is 20.3 Å². The molecule has 0 unspecified atom stereocenters. The van der Waals surface area contributed by atoms with E-state index in [1.807, 2.05) is 17.7 Å². The zero-order valence-electron chi connectivity index (χ0n) is 20.0. The molecule has 4 aromatic rings. The lowest BCUT2D eigenvalue weighted by atomic mass is 10.2. The van der Waals surface area contributed by atoms with Gasteiger partial charge in [-0.05, 0) is 36.7 Å². The molecule has 0 fully saturated rings. The minimum atomic E-state index is -2.73. The SMILES string of the molecule is Cc1cn(COCC[Si](C)(C)C)c2nc(-c3cccc(C(F)F)n3)nc(Nc3ccncc3F)c12. The summed E-state index contributed by atoms with van der Waals surface area (Å²) in [6.07, 6.45) is 1.71. The quantitative estimate of drug-likeness (QED) is 0.214. The molecule has 0 saturated carbocycles. The molecule has 1 N–H and O–H groups in total. The second-order valence-electron chi connectivity index (χ2n) is 9.45. The number of alkyl halides is 2. The largest absolute Gasteiger partial charge is 0.361 e. The van der Waals surface area contributed by atoms with E-state index in [0.29, 0.717) is 23.5 Å². The second-order valence-corrected chi connectivity index (χ2v) is 15.1. The second kappa shape index (κ2) is 10.1. The highest BCUT2D eigenvalue weighted by Crippen LogP contribution is 2.31. The van der Waals surface area contributed by atoms with E-state index >= 15 is 0 Å². The average Bonchev–Trinajstić information content (AvgIpc) is 3.13. The van der Waals surface area contributed by atoms with E-state index in [9.17, 15) is 13.2 Å².